The number of carbonyl (C=O) groups excluding carboxylic acids is 1. The number of hydrogen-bond donors (Lipinski definition) is 1. The third-order valence-corrected chi connectivity index (χ3v) is 3.60. The molecule has 3 rings (SSSR count). The largest absolute Gasteiger partial charge is 0.461 e. The number of rotatable bonds is 6. The molecule has 2 aromatic carbocycles. The van der Waals surface area contributed by atoms with Crippen LogP contribution >= 0.6 is 0 Å². The molecule has 22 heavy (non-hydrogen) atoms. The van der Waals surface area contributed by atoms with Crippen molar-refractivity contribution in [2.75, 3.05) is 6.61 Å². The minimum atomic E-state index is -0.364. The van der Waals surface area contributed by atoms with Crippen molar-refractivity contribution in [3.63, 3.8) is 0 Å². The third-order valence-electron chi connectivity index (χ3n) is 3.60. The lowest BCUT2D eigenvalue weighted by molar-refractivity contribution is 0.0494. The quantitative estimate of drug-likeness (QED) is 0.556. The molecule has 0 aliphatic carbocycles. The minimum Gasteiger partial charge on any atom is -0.461 e. The summed E-state index contributed by atoms with van der Waals surface area (Å²) in [6, 6.07) is 17.9. The highest BCUT2D eigenvalue weighted by Gasteiger charge is 2.14. The van der Waals surface area contributed by atoms with E-state index in [0.29, 0.717) is 12.3 Å². The van der Waals surface area contributed by atoms with Crippen molar-refractivity contribution in [3.8, 4) is 0 Å². The fourth-order valence-electron chi connectivity index (χ4n) is 2.43. The second kappa shape index (κ2) is 6.89. The highest BCUT2D eigenvalue weighted by Crippen LogP contribution is 2.16. The highest BCUT2D eigenvalue weighted by atomic mass is 16.5. The topological polar surface area (TPSA) is 55.0 Å². The van der Waals surface area contributed by atoms with E-state index in [4.69, 9.17) is 4.74 Å². The van der Waals surface area contributed by atoms with E-state index in [1.807, 2.05) is 42.5 Å². The predicted molar refractivity (Wildman–Crippen MR) is 85.8 cm³/mol. The Hall–Kier alpha value is -2.62. The van der Waals surface area contributed by atoms with Crippen molar-refractivity contribution >= 4 is 16.9 Å². The normalized spacial score (nSPS) is 10.7. The van der Waals surface area contributed by atoms with Gasteiger partial charge in [0.15, 0.2) is 5.69 Å². The summed E-state index contributed by atoms with van der Waals surface area (Å²) in [5.41, 5.74) is 2.52. The Labute approximate surface area is 129 Å². The minimum absolute atomic E-state index is 0.360. The van der Waals surface area contributed by atoms with Crippen molar-refractivity contribution in [2.24, 2.45) is 0 Å². The van der Waals surface area contributed by atoms with Gasteiger partial charge in [0.25, 0.3) is 0 Å². The molecular formula is C18H18N2O2. The van der Waals surface area contributed by atoms with Crippen LogP contribution in [0.3, 0.4) is 0 Å². The van der Waals surface area contributed by atoms with Crippen LogP contribution in [0.1, 0.15) is 28.9 Å². The maximum absolute atomic E-state index is 12.0. The van der Waals surface area contributed by atoms with Crippen LogP contribution in [0, 0.1) is 0 Å². The third kappa shape index (κ3) is 3.34. The van der Waals surface area contributed by atoms with Crippen molar-refractivity contribution < 1.29 is 9.53 Å². The van der Waals surface area contributed by atoms with Crippen LogP contribution in [-0.2, 0) is 11.2 Å². The highest BCUT2D eigenvalue weighted by molar-refractivity contribution is 6.01. The van der Waals surface area contributed by atoms with Gasteiger partial charge in [-0.15, -0.1) is 0 Å². The van der Waals surface area contributed by atoms with Crippen LogP contribution in [0.2, 0.25) is 0 Å². The van der Waals surface area contributed by atoms with Crippen molar-refractivity contribution in [3.05, 3.63) is 65.9 Å². The van der Waals surface area contributed by atoms with Crippen molar-refractivity contribution in [1.82, 2.24) is 10.2 Å². The summed E-state index contributed by atoms with van der Waals surface area (Å²) in [7, 11) is 0. The Morgan fingerprint density at radius 1 is 1.00 bits per heavy atom. The van der Waals surface area contributed by atoms with Gasteiger partial charge in [0.2, 0.25) is 0 Å². The molecule has 0 amide bonds. The van der Waals surface area contributed by atoms with Crippen LogP contribution in [0.5, 0.6) is 0 Å². The number of unbranched alkanes of at least 4 members (excludes halogenated alkanes) is 1. The lowest BCUT2D eigenvalue weighted by atomic mass is 10.1. The van der Waals surface area contributed by atoms with Crippen molar-refractivity contribution in [2.45, 2.75) is 19.3 Å². The number of aromatic nitrogens is 2. The van der Waals surface area contributed by atoms with E-state index >= 15 is 0 Å². The number of fused-ring (bicyclic) bond motifs is 1. The van der Waals surface area contributed by atoms with Gasteiger partial charge in [-0.05, 0) is 30.9 Å². The standard InChI is InChI=1S/C18H18N2O2/c21-18(17-15-11-4-5-12-16(15)19-20-17)22-13-7-6-10-14-8-2-1-3-9-14/h1-5,8-9,11-12H,6-7,10,13H2,(H,19,20). The van der Waals surface area contributed by atoms with Gasteiger partial charge in [-0.1, -0.05) is 48.5 Å². The zero-order valence-electron chi connectivity index (χ0n) is 12.3. The van der Waals surface area contributed by atoms with Gasteiger partial charge in [-0.3, -0.25) is 5.10 Å². The fourth-order valence-corrected chi connectivity index (χ4v) is 2.43. The number of benzene rings is 2. The summed E-state index contributed by atoms with van der Waals surface area (Å²) < 4.78 is 5.31. The molecule has 1 aromatic heterocycles. The van der Waals surface area contributed by atoms with E-state index in [9.17, 15) is 4.79 Å². The molecule has 3 aromatic rings. The first-order chi connectivity index (χ1) is 10.8. The maximum atomic E-state index is 12.0. The number of aromatic amines is 1. The number of ether oxygens (including phenoxy) is 1. The van der Waals surface area contributed by atoms with Gasteiger partial charge >= 0.3 is 5.97 Å². The SMILES string of the molecule is O=C(OCCCCc1ccccc1)c1n[nH]c2ccccc12. The lowest BCUT2D eigenvalue weighted by Gasteiger charge is -2.04. The molecule has 112 valence electrons. The summed E-state index contributed by atoms with van der Waals surface area (Å²) in [5, 5.41) is 7.69. The first-order valence-corrected chi connectivity index (χ1v) is 7.49. The van der Waals surface area contributed by atoms with Gasteiger partial charge < -0.3 is 4.74 Å². The number of nitrogens with one attached hydrogen (secondary N) is 1. The van der Waals surface area contributed by atoms with E-state index in [0.717, 1.165) is 30.2 Å². The summed E-state index contributed by atoms with van der Waals surface area (Å²) >= 11 is 0. The molecule has 0 spiro atoms. The fraction of sp³-hybridized carbons (Fsp3) is 0.222. The molecule has 1 N–H and O–H groups in total. The first-order valence-electron chi connectivity index (χ1n) is 7.49. The molecular weight excluding hydrogens is 276 g/mol. The van der Waals surface area contributed by atoms with Crippen LogP contribution in [0.15, 0.2) is 54.6 Å². The van der Waals surface area contributed by atoms with Crippen molar-refractivity contribution in [1.29, 1.82) is 0 Å². The van der Waals surface area contributed by atoms with Crippen LogP contribution < -0.4 is 0 Å². The Morgan fingerprint density at radius 2 is 1.77 bits per heavy atom. The van der Waals surface area contributed by atoms with Gasteiger partial charge in [0.05, 0.1) is 12.1 Å². The van der Waals surface area contributed by atoms with Gasteiger partial charge in [0, 0.05) is 5.39 Å². The lowest BCUT2D eigenvalue weighted by Crippen LogP contribution is -2.07. The monoisotopic (exact) mass is 294 g/mol. The smallest absolute Gasteiger partial charge is 0.359 e. The molecule has 4 nitrogen and oxygen atoms in total. The average molecular weight is 294 g/mol. The molecule has 0 unspecified atom stereocenters. The van der Waals surface area contributed by atoms with Crippen LogP contribution in [0.25, 0.3) is 10.9 Å². The summed E-state index contributed by atoms with van der Waals surface area (Å²) in [4.78, 5) is 12.0. The maximum Gasteiger partial charge on any atom is 0.359 e. The number of para-hydroxylation sites is 1. The summed E-state index contributed by atoms with van der Waals surface area (Å²) in [5.74, 6) is -0.364. The molecule has 0 aliphatic rings. The Morgan fingerprint density at radius 3 is 2.64 bits per heavy atom. The first kappa shape index (κ1) is 14.3. The number of H-pyrrole nitrogens is 1. The second-order valence-corrected chi connectivity index (χ2v) is 5.20. The molecule has 0 fully saturated rings. The number of aryl methyl sites for hydroxylation is 1. The zero-order valence-corrected chi connectivity index (χ0v) is 12.3. The molecule has 0 saturated carbocycles. The van der Waals surface area contributed by atoms with Gasteiger partial charge in [-0.25, -0.2) is 4.79 Å². The number of hydrogen-bond acceptors (Lipinski definition) is 3. The van der Waals surface area contributed by atoms with Gasteiger partial charge in [0.1, 0.15) is 0 Å². The molecule has 0 atom stereocenters. The molecule has 0 saturated heterocycles. The van der Waals surface area contributed by atoms with Gasteiger partial charge in [-0.2, -0.15) is 5.10 Å². The second-order valence-electron chi connectivity index (χ2n) is 5.20. The predicted octanol–water partition coefficient (Wildman–Crippen LogP) is 3.74. The van der Waals surface area contributed by atoms with E-state index in [1.54, 1.807) is 0 Å². The Balaban J connectivity index is 1.47. The van der Waals surface area contributed by atoms with E-state index in [-0.39, 0.29) is 5.97 Å². The number of carbonyl (C=O) groups is 1. The molecule has 0 bridgehead atoms. The number of nitrogens with zero attached hydrogens (tertiary/aromatic N) is 1. The van der Waals surface area contributed by atoms with E-state index in [1.165, 1.54) is 5.56 Å². The zero-order chi connectivity index (χ0) is 15.2. The molecule has 1 heterocycles. The van der Waals surface area contributed by atoms with E-state index in [2.05, 4.69) is 22.3 Å². The summed E-state index contributed by atoms with van der Waals surface area (Å²) in [6.07, 6.45) is 2.85. The average Bonchev–Trinajstić information content (AvgIpc) is 2.99. The number of esters is 1. The van der Waals surface area contributed by atoms with Crippen LogP contribution in [-0.4, -0.2) is 22.8 Å². The molecule has 4 heteroatoms. The Kier molecular flexibility index (Phi) is 4.49. The Bertz CT molecular complexity index is 750. The van der Waals surface area contributed by atoms with E-state index < -0.39 is 0 Å². The summed E-state index contributed by atoms with van der Waals surface area (Å²) in [6.45, 7) is 0.423. The molecule has 0 radical (unpaired) electrons. The van der Waals surface area contributed by atoms with Crippen LogP contribution in [0.4, 0.5) is 0 Å². The molecule has 0 aliphatic heterocycles.